The Balaban J connectivity index is 1.87. The molecule has 0 saturated heterocycles. The van der Waals surface area contributed by atoms with E-state index in [1.165, 1.54) is 0 Å². The van der Waals surface area contributed by atoms with Crippen LogP contribution in [0.2, 0.25) is 0 Å². The molecule has 5 nitrogen and oxygen atoms in total. The van der Waals surface area contributed by atoms with Crippen LogP contribution in [0.1, 0.15) is 25.7 Å². The maximum absolute atomic E-state index is 11.2. The molecule has 0 heterocycles. The number of carbonyl (C=O) groups is 2. The van der Waals surface area contributed by atoms with Crippen LogP contribution in [0.4, 0.5) is 0 Å². The molecule has 0 aromatic rings. The summed E-state index contributed by atoms with van der Waals surface area (Å²) in [5.74, 6) is -0.823. The van der Waals surface area contributed by atoms with Crippen molar-refractivity contribution in [2.75, 3.05) is 13.1 Å². The molecule has 1 saturated carbocycles. The fraction of sp³-hybridized carbons (Fsp3) is 0.636. The van der Waals surface area contributed by atoms with Crippen molar-refractivity contribution in [3.63, 3.8) is 0 Å². The molecule has 1 fully saturated rings. The first-order chi connectivity index (χ1) is 7.68. The number of hydrogen-bond donors (Lipinski definition) is 3. The summed E-state index contributed by atoms with van der Waals surface area (Å²) >= 11 is 0. The molecule has 0 spiro atoms. The summed E-state index contributed by atoms with van der Waals surface area (Å²) in [6.45, 7) is 1.25. The molecule has 90 valence electrons. The number of hydrogen-bond acceptors (Lipinski definition) is 3. The van der Waals surface area contributed by atoms with Crippen LogP contribution in [0.15, 0.2) is 12.2 Å². The lowest BCUT2D eigenvalue weighted by Gasteiger charge is -2.03. The molecule has 0 aromatic carbocycles. The molecule has 0 aromatic heterocycles. The summed E-state index contributed by atoms with van der Waals surface area (Å²) < 4.78 is 0. The van der Waals surface area contributed by atoms with Gasteiger partial charge >= 0.3 is 5.97 Å². The van der Waals surface area contributed by atoms with E-state index in [9.17, 15) is 9.59 Å². The quantitative estimate of drug-likeness (QED) is 0.410. The lowest BCUT2D eigenvalue weighted by molar-refractivity contribution is -0.131. The molecule has 1 rings (SSSR count). The van der Waals surface area contributed by atoms with E-state index in [0.29, 0.717) is 19.0 Å². The van der Waals surface area contributed by atoms with E-state index in [1.54, 1.807) is 6.08 Å². The lowest BCUT2D eigenvalue weighted by atomic mass is 10.3. The molecule has 0 bridgehead atoms. The zero-order valence-corrected chi connectivity index (χ0v) is 9.24. The van der Waals surface area contributed by atoms with Crippen LogP contribution in [-0.4, -0.2) is 36.1 Å². The Morgan fingerprint density at radius 1 is 1.38 bits per heavy atom. The zero-order chi connectivity index (χ0) is 11.8. The summed E-state index contributed by atoms with van der Waals surface area (Å²) in [5, 5.41) is 14.3. The highest BCUT2D eigenvalue weighted by atomic mass is 16.4. The second kappa shape index (κ2) is 7.00. The molecule has 0 radical (unpaired) electrons. The van der Waals surface area contributed by atoms with Gasteiger partial charge in [-0.25, -0.2) is 4.79 Å². The minimum absolute atomic E-state index is 0.116. The first kappa shape index (κ1) is 12.7. The van der Waals surface area contributed by atoms with Gasteiger partial charge in [0.15, 0.2) is 0 Å². The standard InChI is InChI=1S/C11H18N2O3/c14-10(13-9-5-6-9)3-1-7-12-8-2-4-11(15)16/h2,4,9,12H,1,3,5-8H2,(H,13,14)(H,15,16)/b4-2+. The molecule has 1 aliphatic carbocycles. The zero-order valence-electron chi connectivity index (χ0n) is 9.24. The molecule has 1 amide bonds. The highest BCUT2D eigenvalue weighted by Crippen LogP contribution is 2.18. The van der Waals surface area contributed by atoms with Crippen molar-refractivity contribution in [2.24, 2.45) is 0 Å². The highest BCUT2D eigenvalue weighted by Gasteiger charge is 2.22. The van der Waals surface area contributed by atoms with E-state index in [4.69, 9.17) is 5.11 Å². The van der Waals surface area contributed by atoms with E-state index < -0.39 is 5.97 Å². The van der Waals surface area contributed by atoms with Gasteiger partial charge in [0.2, 0.25) is 5.91 Å². The third-order valence-electron chi connectivity index (χ3n) is 2.22. The SMILES string of the molecule is O=C(O)/C=C/CNCCCC(=O)NC1CC1. The molecule has 1 aliphatic rings. The van der Waals surface area contributed by atoms with E-state index in [2.05, 4.69) is 10.6 Å². The van der Waals surface area contributed by atoms with Crippen molar-refractivity contribution in [1.29, 1.82) is 0 Å². The number of carboxylic acids is 1. The Hall–Kier alpha value is -1.36. The topological polar surface area (TPSA) is 78.4 Å². The lowest BCUT2D eigenvalue weighted by Crippen LogP contribution is -2.26. The van der Waals surface area contributed by atoms with E-state index >= 15 is 0 Å². The fourth-order valence-electron chi connectivity index (χ4n) is 1.25. The minimum Gasteiger partial charge on any atom is -0.478 e. The molecule has 5 heteroatoms. The van der Waals surface area contributed by atoms with Gasteiger partial charge in [0.25, 0.3) is 0 Å². The van der Waals surface area contributed by atoms with Crippen molar-refractivity contribution in [2.45, 2.75) is 31.7 Å². The Kier molecular flexibility index (Phi) is 5.56. The van der Waals surface area contributed by atoms with Gasteiger partial charge in [0, 0.05) is 25.1 Å². The summed E-state index contributed by atoms with van der Waals surface area (Å²) in [5.41, 5.74) is 0. The molecule has 3 N–H and O–H groups in total. The van der Waals surface area contributed by atoms with Crippen molar-refractivity contribution < 1.29 is 14.7 Å². The Morgan fingerprint density at radius 2 is 2.12 bits per heavy atom. The monoisotopic (exact) mass is 226 g/mol. The predicted octanol–water partition coefficient (Wildman–Crippen LogP) is 0.276. The molecule has 0 unspecified atom stereocenters. The largest absolute Gasteiger partial charge is 0.478 e. The highest BCUT2D eigenvalue weighted by molar-refractivity contribution is 5.79. The smallest absolute Gasteiger partial charge is 0.328 e. The number of nitrogens with one attached hydrogen (secondary N) is 2. The summed E-state index contributed by atoms with van der Waals surface area (Å²) in [4.78, 5) is 21.4. The normalized spacial score (nSPS) is 15.2. The van der Waals surface area contributed by atoms with Crippen LogP contribution in [0.25, 0.3) is 0 Å². The van der Waals surface area contributed by atoms with Gasteiger partial charge in [-0.2, -0.15) is 0 Å². The average molecular weight is 226 g/mol. The third kappa shape index (κ3) is 7.00. The van der Waals surface area contributed by atoms with Gasteiger partial charge in [-0.15, -0.1) is 0 Å². The molecular formula is C11H18N2O3. The van der Waals surface area contributed by atoms with Gasteiger partial charge in [-0.3, -0.25) is 4.79 Å². The maximum Gasteiger partial charge on any atom is 0.328 e. The number of carboxylic acid groups (broad SMARTS) is 1. The predicted molar refractivity (Wildman–Crippen MR) is 60.0 cm³/mol. The first-order valence-corrected chi connectivity index (χ1v) is 5.58. The van der Waals surface area contributed by atoms with E-state index in [0.717, 1.165) is 31.9 Å². The van der Waals surface area contributed by atoms with Gasteiger partial charge < -0.3 is 15.7 Å². The van der Waals surface area contributed by atoms with Crippen molar-refractivity contribution >= 4 is 11.9 Å². The van der Waals surface area contributed by atoms with Crippen LogP contribution in [0, 0.1) is 0 Å². The number of carbonyl (C=O) groups excluding carboxylic acids is 1. The molecular weight excluding hydrogens is 208 g/mol. The summed E-state index contributed by atoms with van der Waals surface area (Å²) in [7, 11) is 0. The fourth-order valence-corrected chi connectivity index (χ4v) is 1.25. The van der Waals surface area contributed by atoms with Crippen LogP contribution in [0.5, 0.6) is 0 Å². The molecule has 0 aliphatic heterocycles. The number of amides is 1. The second-order valence-corrected chi connectivity index (χ2v) is 3.89. The van der Waals surface area contributed by atoms with Crippen LogP contribution in [-0.2, 0) is 9.59 Å². The number of aliphatic carboxylic acids is 1. The van der Waals surface area contributed by atoms with E-state index in [1.807, 2.05) is 0 Å². The summed E-state index contributed by atoms with van der Waals surface area (Å²) in [6.07, 6.45) is 6.19. The molecule has 0 atom stereocenters. The Bertz CT molecular complexity index is 272. The van der Waals surface area contributed by atoms with Gasteiger partial charge in [-0.1, -0.05) is 6.08 Å². The van der Waals surface area contributed by atoms with E-state index in [-0.39, 0.29) is 5.91 Å². The number of rotatable bonds is 8. The minimum atomic E-state index is -0.939. The third-order valence-corrected chi connectivity index (χ3v) is 2.22. The van der Waals surface area contributed by atoms with Gasteiger partial charge in [0.05, 0.1) is 0 Å². The molecule has 16 heavy (non-hydrogen) atoms. The van der Waals surface area contributed by atoms with Gasteiger partial charge in [0.1, 0.15) is 0 Å². The Morgan fingerprint density at radius 3 is 2.75 bits per heavy atom. The maximum atomic E-state index is 11.2. The van der Waals surface area contributed by atoms with Gasteiger partial charge in [-0.05, 0) is 25.8 Å². The summed E-state index contributed by atoms with van der Waals surface area (Å²) in [6, 6.07) is 0.430. The first-order valence-electron chi connectivity index (χ1n) is 5.58. The van der Waals surface area contributed by atoms with Crippen LogP contribution >= 0.6 is 0 Å². The van der Waals surface area contributed by atoms with Crippen molar-refractivity contribution in [1.82, 2.24) is 10.6 Å². The second-order valence-electron chi connectivity index (χ2n) is 3.89. The van der Waals surface area contributed by atoms with Crippen molar-refractivity contribution in [3.05, 3.63) is 12.2 Å². The van der Waals surface area contributed by atoms with Crippen LogP contribution in [0.3, 0.4) is 0 Å². The van der Waals surface area contributed by atoms with Crippen LogP contribution < -0.4 is 10.6 Å². The Labute approximate surface area is 94.9 Å². The van der Waals surface area contributed by atoms with Crippen molar-refractivity contribution in [3.8, 4) is 0 Å². The average Bonchev–Trinajstić information content (AvgIpc) is 2.99.